The van der Waals surface area contributed by atoms with E-state index >= 15 is 0 Å². The lowest BCUT2D eigenvalue weighted by molar-refractivity contribution is -0.143. The standard InChI is InChI=1S/C77H91F7N8O8S.3ClH/c1-87(70(94)51-98-69-46-56-16-8-10-19-66(56)74(69)31-40-90(41-32-74)42-33-75(58-23-25-61(78)26-24-58)52-92(53-99-75)71(95)57-44-59(76(79,80)81)47-60(45-57)77(82,83)84)35-13-36-88(2)72(96)68-28-27-64(101-68)50-91(49-54-21-22-54)37-12-4-7-17-62(93)48-85-34-43-89-38-29-63(30-39-89)100-73(97)86-67-20-11-9-18-65(67)55-14-5-3-6-15-55;;;/h3,5-6,8-11,14-16,18-20,23-28,44-45,47,54,63,69,85H,4,7,12-13,17,21-22,29-43,46,48-53H2,1-2H3,(H,86,97);3*1H/t69-,75-;;;/m0.../s1. The number of amides is 4. The molecule has 16 nitrogen and oxygen atoms in total. The number of nitrogens with one attached hydrogen (secondary N) is 2. The molecule has 2 N–H and O–H groups in total. The van der Waals surface area contributed by atoms with Crippen LogP contribution in [0.4, 0.5) is 41.2 Å². The lowest BCUT2D eigenvalue weighted by Gasteiger charge is -2.44. The molecule has 5 aliphatic rings. The number of piperidine rings is 2. The number of para-hydroxylation sites is 1. The van der Waals surface area contributed by atoms with Gasteiger partial charge in [-0.2, -0.15) is 26.3 Å². The van der Waals surface area contributed by atoms with E-state index in [9.17, 15) is 54.7 Å². The van der Waals surface area contributed by atoms with Crippen molar-refractivity contribution in [1.29, 1.82) is 0 Å². The topological polar surface area (TPSA) is 157 Å². The summed E-state index contributed by atoms with van der Waals surface area (Å²) in [7, 11) is 3.52. The first-order valence-corrected chi connectivity index (χ1v) is 36.1. The number of halogens is 10. The summed E-state index contributed by atoms with van der Waals surface area (Å²) < 4.78 is 116. The van der Waals surface area contributed by atoms with Gasteiger partial charge in [-0.25, -0.2) is 9.18 Å². The predicted molar refractivity (Wildman–Crippen MR) is 394 cm³/mol. The molecule has 566 valence electrons. The summed E-state index contributed by atoms with van der Waals surface area (Å²) in [6, 6.07) is 36.0. The number of fused-ring (bicyclic) bond motifs is 2. The van der Waals surface area contributed by atoms with Crippen molar-refractivity contribution in [3.63, 3.8) is 0 Å². The van der Waals surface area contributed by atoms with Crippen LogP contribution in [-0.4, -0.2) is 184 Å². The number of carbonyl (C=O) groups is 5. The molecule has 5 aromatic carbocycles. The third kappa shape index (κ3) is 22.0. The fourth-order valence-corrected chi connectivity index (χ4v) is 15.7. The summed E-state index contributed by atoms with van der Waals surface area (Å²) >= 11 is 1.52. The van der Waals surface area contributed by atoms with Crippen LogP contribution in [-0.2, 0) is 60.1 Å². The molecule has 2 aliphatic carbocycles. The third-order valence-corrected chi connectivity index (χ3v) is 21.7. The Morgan fingerprint density at radius 1 is 0.702 bits per heavy atom. The number of hydrogen-bond donors (Lipinski definition) is 2. The summed E-state index contributed by atoms with van der Waals surface area (Å²) in [6.07, 6.45) is -1.09. The Balaban J connectivity index is 0.00000456. The minimum absolute atomic E-state index is 0. The summed E-state index contributed by atoms with van der Waals surface area (Å²) in [6.45, 7) is 7.97. The molecule has 3 aliphatic heterocycles. The van der Waals surface area contributed by atoms with E-state index in [0.29, 0.717) is 112 Å². The fourth-order valence-electron chi connectivity index (χ4n) is 14.6. The molecule has 1 aromatic heterocycles. The number of alkyl halides is 6. The number of hydrogen-bond acceptors (Lipinski definition) is 13. The van der Waals surface area contributed by atoms with Crippen molar-refractivity contribution in [1.82, 2.24) is 34.7 Å². The second kappa shape index (κ2) is 37.7. The Hall–Kier alpha value is -6.71. The molecular weight excluding hydrogens is 1440 g/mol. The normalized spacial score (nSPS) is 18.3. The Morgan fingerprint density at radius 3 is 2.07 bits per heavy atom. The van der Waals surface area contributed by atoms with Crippen molar-refractivity contribution < 1.29 is 68.9 Å². The molecule has 11 rings (SSSR count). The van der Waals surface area contributed by atoms with Crippen molar-refractivity contribution in [3.05, 3.63) is 182 Å². The minimum Gasteiger partial charge on any atom is -0.446 e. The largest absolute Gasteiger partial charge is 0.446 e. The van der Waals surface area contributed by atoms with Crippen molar-refractivity contribution >= 4 is 83.8 Å². The van der Waals surface area contributed by atoms with Gasteiger partial charge in [0.1, 0.15) is 36.6 Å². The molecule has 6 aromatic rings. The first-order valence-electron chi connectivity index (χ1n) is 35.3. The SMILES string of the molecule is CN(CCCN(C)C(=O)c1ccc(CN(CCCCCC(=O)CNCCN2CCC(OC(=O)Nc3ccccc3-c3ccccc3)CC2)CC2CC2)s1)C(=O)CO[C@H]1Cc2ccccc2C12CCN(CC[C@@]1(c3ccc(F)cc3)CN(C(=O)c3cc(C(F)(F)F)cc(C(F)(F)F)c3)CO1)CC2.Cl.Cl.Cl. The number of ketones is 1. The molecule has 104 heavy (non-hydrogen) atoms. The van der Waals surface area contributed by atoms with Crippen LogP contribution in [0.15, 0.2) is 133 Å². The van der Waals surface area contributed by atoms with Gasteiger partial charge in [-0.1, -0.05) is 91.3 Å². The van der Waals surface area contributed by atoms with Crippen molar-refractivity contribution in [2.75, 3.05) is 118 Å². The van der Waals surface area contributed by atoms with Gasteiger partial charge in [0.05, 0.1) is 40.9 Å². The molecule has 2 atom stereocenters. The molecule has 4 fully saturated rings. The number of likely N-dealkylation sites (tertiary alicyclic amines) is 2. The molecule has 4 heterocycles. The van der Waals surface area contributed by atoms with Crippen LogP contribution < -0.4 is 10.6 Å². The lowest BCUT2D eigenvalue weighted by Crippen LogP contribution is -2.50. The molecule has 1 spiro atoms. The first-order chi connectivity index (χ1) is 48.5. The zero-order valence-electron chi connectivity index (χ0n) is 58.7. The van der Waals surface area contributed by atoms with Gasteiger partial charge in [0.25, 0.3) is 11.8 Å². The van der Waals surface area contributed by atoms with E-state index in [4.69, 9.17) is 14.2 Å². The van der Waals surface area contributed by atoms with Crippen LogP contribution in [0, 0.1) is 11.7 Å². The number of benzene rings is 5. The maximum absolute atomic E-state index is 14.3. The molecule has 3 saturated heterocycles. The van der Waals surface area contributed by atoms with Gasteiger partial charge in [0.15, 0.2) is 0 Å². The number of anilines is 1. The zero-order chi connectivity index (χ0) is 71.3. The van der Waals surface area contributed by atoms with Crippen LogP contribution in [0.3, 0.4) is 0 Å². The maximum atomic E-state index is 14.3. The number of unbranched alkanes of at least 4 members (excludes halogenated alkanes) is 2. The number of Topliss-reactive ketones (excluding diaryl/α,β-unsaturated/α-hetero) is 1. The van der Waals surface area contributed by atoms with Crippen molar-refractivity contribution in [2.24, 2.45) is 5.92 Å². The fraction of sp³-hybridized carbons (Fsp3) is 0.494. The third-order valence-electron chi connectivity index (χ3n) is 20.6. The monoisotopic (exact) mass is 1530 g/mol. The second-order valence-corrected chi connectivity index (χ2v) is 29.0. The Morgan fingerprint density at radius 2 is 1.37 bits per heavy atom. The number of ether oxygens (including phenoxy) is 3. The average molecular weight is 1530 g/mol. The summed E-state index contributed by atoms with van der Waals surface area (Å²) in [5.74, 6) is -0.933. The Labute approximate surface area is 626 Å². The molecule has 1 saturated carbocycles. The molecular formula is C77H94Cl3F7N8O8S. The number of likely N-dealkylation sites (N-methyl/N-ethyl adjacent to an activating group) is 1. The van der Waals surface area contributed by atoms with Gasteiger partial charge in [-0.05, 0) is 167 Å². The van der Waals surface area contributed by atoms with E-state index in [-0.39, 0.29) is 92.7 Å². The van der Waals surface area contributed by atoms with Crippen LogP contribution in [0.25, 0.3) is 11.1 Å². The van der Waals surface area contributed by atoms with Gasteiger partial charge in [0.2, 0.25) is 5.91 Å². The summed E-state index contributed by atoms with van der Waals surface area (Å²) in [4.78, 5) is 80.3. The highest BCUT2D eigenvalue weighted by molar-refractivity contribution is 7.14. The zero-order valence-corrected chi connectivity index (χ0v) is 61.9. The molecule has 4 amide bonds. The smallest absolute Gasteiger partial charge is 0.416 e. The van der Waals surface area contributed by atoms with E-state index in [1.807, 2.05) is 72.8 Å². The van der Waals surface area contributed by atoms with Gasteiger partial charge in [-0.3, -0.25) is 29.4 Å². The van der Waals surface area contributed by atoms with Crippen LogP contribution in [0.2, 0.25) is 0 Å². The highest BCUT2D eigenvalue weighted by atomic mass is 35.5. The van der Waals surface area contributed by atoms with Gasteiger partial charge in [0, 0.05) is 101 Å². The quantitative estimate of drug-likeness (QED) is 0.0314. The first kappa shape index (κ1) is 82.9. The summed E-state index contributed by atoms with van der Waals surface area (Å²) in [5.41, 5.74) is -0.180. The van der Waals surface area contributed by atoms with Crippen LogP contribution in [0.1, 0.15) is 130 Å². The number of thiophene rings is 1. The lowest BCUT2D eigenvalue weighted by atomic mass is 9.72. The molecule has 0 radical (unpaired) electrons. The van der Waals surface area contributed by atoms with E-state index in [2.05, 4.69) is 43.5 Å². The minimum atomic E-state index is -5.15. The second-order valence-electron chi connectivity index (χ2n) is 27.8. The molecule has 0 unspecified atom stereocenters. The van der Waals surface area contributed by atoms with E-state index < -0.39 is 64.6 Å². The van der Waals surface area contributed by atoms with Gasteiger partial charge < -0.3 is 44.0 Å². The Kier molecular flexibility index (Phi) is 30.1. The van der Waals surface area contributed by atoms with Gasteiger partial charge in [-0.15, -0.1) is 48.6 Å². The van der Waals surface area contributed by atoms with E-state index in [1.165, 1.54) is 54.0 Å². The van der Waals surface area contributed by atoms with Gasteiger partial charge >= 0.3 is 18.4 Å². The van der Waals surface area contributed by atoms with Crippen molar-refractivity contribution in [3.8, 4) is 11.1 Å². The van der Waals surface area contributed by atoms with Crippen molar-refractivity contribution in [2.45, 2.75) is 126 Å². The number of carbonyl (C=O) groups excluding carboxylic acids is 5. The van der Waals surface area contributed by atoms with Crippen LogP contribution >= 0.6 is 48.6 Å². The highest BCUT2D eigenvalue weighted by Gasteiger charge is 2.50. The Bertz CT molecular complexity index is 3770. The molecule has 0 bridgehead atoms. The average Bonchev–Trinajstić information content (AvgIpc) is 1.46. The van der Waals surface area contributed by atoms with E-state index in [0.717, 1.165) is 97.8 Å². The summed E-state index contributed by atoms with van der Waals surface area (Å²) in [5, 5.41) is 6.28. The van der Waals surface area contributed by atoms with E-state index in [1.54, 1.807) is 23.9 Å². The highest BCUT2D eigenvalue weighted by Crippen LogP contribution is 2.49. The number of nitrogens with zero attached hydrogens (tertiary/aromatic N) is 6. The predicted octanol–water partition coefficient (Wildman–Crippen LogP) is 14.8. The maximum Gasteiger partial charge on any atom is 0.416 e. The molecule has 27 heteroatoms. The van der Waals surface area contributed by atoms with Crippen LogP contribution in [0.5, 0.6) is 0 Å². The number of rotatable bonds is 31.